The van der Waals surface area contributed by atoms with Crippen molar-refractivity contribution in [1.29, 1.82) is 0 Å². The summed E-state index contributed by atoms with van der Waals surface area (Å²) in [7, 11) is 1.59. The topological polar surface area (TPSA) is 90.1 Å². The first-order valence-electron chi connectivity index (χ1n) is 7.05. The zero-order valence-corrected chi connectivity index (χ0v) is 13.6. The summed E-state index contributed by atoms with van der Waals surface area (Å²) in [5, 5.41) is 17.7. The number of pyridine rings is 1. The van der Waals surface area contributed by atoms with Gasteiger partial charge in [0.25, 0.3) is 0 Å². The van der Waals surface area contributed by atoms with E-state index in [-0.39, 0.29) is 5.75 Å². The highest BCUT2D eigenvalue weighted by Crippen LogP contribution is 2.28. The van der Waals surface area contributed by atoms with E-state index in [0.717, 1.165) is 17.4 Å². The molecule has 0 bridgehead atoms. The van der Waals surface area contributed by atoms with E-state index < -0.39 is 5.97 Å². The second-order valence-electron chi connectivity index (χ2n) is 4.74. The number of carbonyl (C=O) groups is 1. The van der Waals surface area contributed by atoms with Gasteiger partial charge in [-0.25, -0.2) is 0 Å². The Kier molecular flexibility index (Phi) is 4.76. The maximum atomic E-state index is 10.9. The van der Waals surface area contributed by atoms with Crippen LogP contribution < -0.4 is 4.74 Å². The van der Waals surface area contributed by atoms with Crippen molar-refractivity contribution in [2.45, 2.75) is 5.16 Å². The normalized spacial score (nSPS) is 10.5. The summed E-state index contributed by atoms with van der Waals surface area (Å²) in [5.41, 5.74) is 1.42. The lowest BCUT2D eigenvalue weighted by Gasteiger charge is -2.10. The smallest absolute Gasteiger partial charge is 0.313 e. The van der Waals surface area contributed by atoms with Crippen molar-refractivity contribution < 1.29 is 14.6 Å². The Bertz CT molecular complexity index is 852. The van der Waals surface area contributed by atoms with Gasteiger partial charge in [-0.15, -0.1) is 10.2 Å². The molecule has 0 saturated carbocycles. The number of nitrogens with zero attached hydrogens (tertiary/aromatic N) is 4. The van der Waals surface area contributed by atoms with Gasteiger partial charge in [0.1, 0.15) is 11.4 Å². The molecule has 3 aromatic rings. The lowest BCUT2D eigenvalue weighted by molar-refractivity contribution is -0.133. The molecule has 1 aromatic carbocycles. The van der Waals surface area contributed by atoms with E-state index in [0.29, 0.717) is 22.4 Å². The number of hydrogen-bond acceptors (Lipinski definition) is 6. The Morgan fingerprint density at radius 3 is 2.83 bits per heavy atom. The molecule has 0 aliphatic rings. The van der Waals surface area contributed by atoms with Gasteiger partial charge in [0.05, 0.1) is 18.6 Å². The molecule has 24 heavy (non-hydrogen) atoms. The molecular formula is C16H14N4O3S. The third kappa shape index (κ3) is 3.38. The number of aliphatic carboxylic acids is 1. The van der Waals surface area contributed by atoms with Crippen molar-refractivity contribution >= 4 is 17.7 Å². The largest absolute Gasteiger partial charge is 0.497 e. The Hall–Kier alpha value is -2.87. The van der Waals surface area contributed by atoms with E-state index in [1.165, 1.54) is 0 Å². The third-order valence-corrected chi connectivity index (χ3v) is 4.08. The van der Waals surface area contributed by atoms with Gasteiger partial charge in [-0.3, -0.25) is 14.3 Å². The highest BCUT2D eigenvalue weighted by atomic mass is 32.2. The molecule has 2 heterocycles. The number of methoxy groups -OCH3 is 1. The Morgan fingerprint density at radius 1 is 1.25 bits per heavy atom. The van der Waals surface area contributed by atoms with E-state index in [2.05, 4.69) is 15.2 Å². The van der Waals surface area contributed by atoms with E-state index in [1.54, 1.807) is 17.9 Å². The fourth-order valence-electron chi connectivity index (χ4n) is 2.13. The van der Waals surface area contributed by atoms with Gasteiger partial charge in [-0.1, -0.05) is 23.9 Å². The van der Waals surface area contributed by atoms with Crippen molar-refractivity contribution in [1.82, 2.24) is 19.7 Å². The van der Waals surface area contributed by atoms with Crippen molar-refractivity contribution in [3.8, 4) is 23.0 Å². The van der Waals surface area contributed by atoms with Gasteiger partial charge < -0.3 is 9.84 Å². The molecule has 0 aliphatic heterocycles. The maximum Gasteiger partial charge on any atom is 0.313 e. The average Bonchev–Trinajstić information content (AvgIpc) is 3.04. The molecule has 0 saturated heterocycles. The lowest BCUT2D eigenvalue weighted by atomic mass is 10.2. The van der Waals surface area contributed by atoms with Crippen LogP contribution in [-0.2, 0) is 4.79 Å². The van der Waals surface area contributed by atoms with Crippen LogP contribution in [0.2, 0.25) is 0 Å². The third-order valence-electron chi connectivity index (χ3n) is 3.16. The zero-order valence-electron chi connectivity index (χ0n) is 12.8. The van der Waals surface area contributed by atoms with Crippen molar-refractivity contribution in [2.24, 2.45) is 0 Å². The highest BCUT2D eigenvalue weighted by molar-refractivity contribution is 7.99. The van der Waals surface area contributed by atoms with E-state index >= 15 is 0 Å². The van der Waals surface area contributed by atoms with E-state index in [9.17, 15) is 4.79 Å². The van der Waals surface area contributed by atoms with Gasteiger partial charge in [-0.05, 0) is 24.3 Å². The predicted molar refractivity (Wildman–Crippen MR) is 89.5 cm³/mol. The van der Waals surface area contributed by atoms with Crippen LogP contribution in [0.5, 0.6) is 5.75 Å². The summed E-state index contributed by atoms with van der Waals surface area (Å²) in [6.07, 6.45) is 1.67. The summed E-state index contributed by atoms with van der Waals surface area (Å²) < 4.78 is 7.04. The minimum atomic E-state index is -0.917. The Labute approximate surface area is 142 Å². The first-order valence-corrected chi connectivity index (χ1v) is 8.03. The fraction of sp³-hybridized carbons (Fsp3) is 0.125. The van der Waals surface area contributed by atoms with Crippen LogP contribution in [-0.4, -0.2) is 43.7 Å². The minimum absolute atomic E-state index is 0.107. The average molecular weight is 342 g/mol. The van der Waals surface area contributed by atoms with Crippen LogP contribution in [0.4, 0.5) is 0 Å². The van der Waals surface area contributed by atoms with Gasteiger partial charge in [-0.2, -0.15) is 0 Å². The minimum Gasteiger partial charge on any atom is -0.497 e. The molecule has 2 aromatic heterocycles. The summed E-state index contributed by atoms with van der Waals surface area (Å²) in [5.74, 6) is 0.198. The molecule has 3 rings (SSSR count). The quantitative estimate of drug-likeness (QED) is 0.688. The molecule has 7 nitrogen and oxygen atoms in total. The number of carboxylic acids is 1. The number of rotatable bonds is 6. The Morgan fingerprint density at radius 2 is 2.12 bits per heavy atom. The molecule has 0 radical (unpaired) electrons. The zero-order chi connectivity index (χ0) is 16.9. The molecule has 0 atom stereocenters. The molecular weight excluding hydrogens is 328 g/mol. The van der Waals surface area contributed by atoms with Gasteiger partial charge in [0.2, 0.25) is 0 Å². The molecule has 0 fully saturated rings. The standard InChI is InChI=1S/C16H14N4O3S/c1-23-12-6-4-5-11(9-12)20-15(13-7-2-3-8-17-13)18-19-16(20)24-10-14(21)22/h2-9H,10H2,1H3,(H,21,22). The predicted octanol–water partition coefficient (Wildman–Crippen LogP) is 2.51. The summed E-state index contributed by atoms with van der Waals surface area (Å²) in [6.45, 7) is 0. The Balaban J connectivity index is 2.11. The van der Waals surface area contributed by atoms with Crippen molar-refractivity contribution in [3.05, 3.63) is 48.7 Å². The van der Waals surface area contributed by atoms with Crippen LogP contribution in [0.1, 0.15) is 0 Å². The van der Waals surface area contributed by atoms with Crippen LogP contribution >= 0.6 is 11.8 Å². The van der Waals surface area contributed by atoms with E-state index in [4.69, 9.17) is 9.84 Å². The molecule has 0 aliphatic carbocycles. The van der Waals surface area contributed by atoms with Crippen LogP contribution in [0, 0.1) is 0 Å². The van der Waals surface area contributed by atoms with Crippen LogP contribution in [0.3, 0.4) is 0 Å². The number of benzene rings is 1. The summed E-state index contributed by atoms with van der Waals surface area (Å²) in [6, 6.07) is 12.9. The van der Waals surface area contributed by atoms with Gasteiger partial charge >= 0.3 is 5.97 Å². The second kappa shape index (κ2) is 7.14. The molecule has 122 valence electrons. The SMILES string of the molecule is COc1cccc(-n2c(SCC(=O)O)nnc2-c2ccccn2)c1. The number of carboxylic acid groups (broad SMARTS) is 1. The van der Waals surface area contributed by atoms with Crippen LogP contribution in [0.15, 0.2) is 53.8 Å². The molecule has 0 unspecified atom stereocenters. The fourth-order valence-corrected chi connectivity index (χ4v) is 2.81. The van der Waals surface area contributed by atoms with Gasteiger partial charge in [0.15, 0.2) is 11.0 Å². The lowest BCUT2D eigenvalue weighted by Crippen LogP contribution is -2.03. The number of thioether (sulfide) groups is 1. The molecule has 0 amide bonds. The van der Waals surface area contributed by atoms with Crippen molar-refractivity contribution in [3.63, 3.8) is 0 Å². The monoisotopic (exact) mass is 342 g/mol. The number of hydrogen-bond donors (Lipinski definition) is 1. The summed E-state index contributed by atoms with van der Waals surface area (Å²) >= 11 is 1.10. The maximum absolute atomic E-state index is 10.9. The summed E-state index contributed by atoms with van der Waals surface area (Å²) in [4.78, 5) is 15.2. The van der Waals surface area contributed by atoms with Crippen molar-refractivity contribution in [2.75, 3.05) is 12.9 Å². The number of aromatic nitrogens is 4. The second-order valence-corrected chi connectivity index (χ2v) is 5.68. The van der Waals surface area contributed by atoms with Crippen LogP contribution in [0.25, 0.3) is 17.2 Å². The van der Waals surface area contributed by atoms with E-state index in [1.807, 2.05) is 42.5 Å². The first kappa shape index (κ1) is 16.0. The highest BCUT2D eigenvalue weighted by Gasteiger charge is 2.18. The first-order chi connectivity index (χ1) is 11.7. The molecule has 8 heteroatoms. The molecule has 1 N–H and O–H groups in total. The van der Waals surface area contributed by atoms with Gasteiger partial charge in [0, 0.05) is 12.3 Å². The molecule has 0 spiro atoms. The number of ether oxygens (including phenoxy) is 1.